The van der Waals surface area contributed by atoms with Crippen LogP contribution in [0.1, 0.15) is 55.2 Å². The van der Waals surface area contributed by atoms with Gasteiger partial charge in [-0.1, -0.05) is 79.7 Å². The lowest BCUT2D eigenvalue weighted by molar-refractivity contribution is -0.133. The minimum absolute atomic E-state index is 0.189. The van der Waals surface area contributed by atoms with Crippen molar-refractivity contribution in [3.8, 4) is 5.75 Å². The molecule has 7 nitrogen and oxygen atoms in total. The number of rotatable bonds is 12. The number of hydrogen-bond donors (Lipinski definition) is 0. The van der Waals surface area contributed by atoms with Crippen molar-refractivity contribution in [2.45, 2.75) is 45.2 Å². The number of ether oxygens (including phenoxy) is 1. The minimum atomic E-state index is 0.189. The van der Waals surface area contributed by atoms with Crippen LogP contribution in [0.25, 0.3) is 0 Å². The van der Waals surface area contributed by atoms with Gasteiger partial charge in [-0.2, -0.15) is 4.37 Å². The van der Waals surface area contributed by atoms with Gasteiger partial charge in [-0.15, -0.1) is 0 Å². The molecule has 0 N–H and O–H groups in total. The zero-order valence-corrected chi connectivity index (χ0v) is 25.7. The monoisotopic (exact) mass is 583 g/mol. The summed E-state index contributed by atoms with van der Waals surface area (Å²) in [5.41, 5.74) is 3.69. The van der Waals surface area contributed by atoms with Gasteiger partial charge in [-0.3, -0.25) is 9.69 Å². The molecule has 0 spiro atoms. The summed E-state index contributed by atoms with van der Waals surface area (Å²) in [6.45, 7) is 8.17. The number of carbonyl (C=O) groups is 1. The summed E-state index contributed by atoms with van der Waals surface area (Å²) in [5, 5.41) is 0.883. The summed E-state index contributed by atoms with van der Waals surface area (Å²) in [7, 11) is 1.68. The molecule has 1 fully saturated rings. The number of nitrogens with zero attached hydrogens (tertiary/aromatic N) is 5. The third-order valence-electron chi connectivity index (χ3n) is 8.15. The number of amides is 1. The normalized spacial score (nSPS) is 14.6. The maximum atomic E-state index is 13.4. The van der Waals surface area contributed by atoms with Gasteiger partial charge in [-0.25, -0.2) is 4.98 Å². The Balaban J connectivity index is 1.19. The van der Waals surface area contributed by atoms with E-state index in [1.807, 2.05) is 23.1 Å². The van der Waals surface area contributed by atoms with Gasteiger partial charge in [0.15, 0.2) is 0 Å². The number of aromatic nitrogens is 2. The fraction of sp³-hybridized carbons (Fsp3) is 0.382. The molecule has 2 heterocycles. The van der Waals surface area contributed by atoms with E-state index in [2.05, 4.69) is 94.8 Å². The lowest BCUT2D eigenvalue weighted by Gasteiger charge is -2.40. The number of anilines is 1. The van der Waals surface area contributed by atoms with E-state index in [-0.39, 0.29) is 18.0 Å². The predicted molar refractivity (Wildman–Crippen MR) is 170 cm³/mol. The third-order valence-corrected chi connectivity index (χ3v) is 8.94. The second-order valence-corrected chi connectivity index (χ2v) is 11.6. The topological polar surface area (TPSA) is 61.8 Å². The van der Waals surface area contributed by atoms with Crippen LogP contribution in [0.4, 0.5) is 5.13 Å². The second kappa shape index (κ2) is 14.4. The molecule has 3 aromatic carbocycles. The van der Waals surface area contributed by atoms with Crippen LogP contribution in [0.5, 0.6) is 5.75 Å². The van der Waals surface area contributed by atoms with Gasteiger partial charge >= 0.3 is 0 Å². The molecule has 42 heavy (non-hydrogen) atoms. The Labute approximate surface area is 253 Å². The number of hydrogen-bond acceptors (Lipinski definition) is 7. The molecule has 1 aliphatic rings. The SMILES string of the molecule is CC[C@@H](C)N(CCC(=O)N1CCN(C(c2ccccc2)c2ccccc2)CC1)c1nc(Cc2cccc(OC)c2)ns1. The zero-order valence-electron chi connectivity index (χ0n) is 24.9. The van der Waals surface area contributed by atoms with Gasteiger partial charge in [0, 0.05) is 63.1 Å². The van der Waals surface area contributed by atoms with E-state index in [1.54, 1.807) is 7.11 Å². The number of carbonyl (C=O) groups excluding carboxylic acids is 1. The van der Waals surface area contributed by atoms with Crippen LogP contribution in [-0.2, 0) is 11.2 Å². The molecule has 1 saturated heterocycles. The molecule has 0 aliphatic carbocycles. The molecule has 0 saturated carbocycles. The number of piperazine rings is 1. The Bertz CT molecular complexity index is 1370. The Morgan fingerprint density at radius 3 is 2.24 bits per heavy atom. The average Bonchev–Trinajstić information content (AvgIpc) is 3.50. The zero-order chi connectivity index (χ0) is 29.3. The number of benzene rings is 3. The highest BCUT2D eigenvalue weighted by atomic mass is 32.1. The maximum Gasteiger partial charge on any atom is 0.224 e. The molecule has 1 aromatic heterocycles. The van der Waals surface area contributed by atoms with Crippen molar-refractivity contribution in [3.63, 3.8) is 0 Å². The van der Waals surface area contributed by atoms with Crippen LogP contribution >= 0.6 is 11.5 Å². The van der Waals surface area contributed by atoms with E-state index in [9.17, 15) is 4.79 Å². The molecular formula is C34H41N5O2S. The standard InChI is InChI=1S/C34H41N5O2S/c1-4-26(2)39(34-35-31(36-42-34)25-27-12-11-17-30(24-27)41-3)19-18-32(40)37-20-22-38(23-21-37)33(28-13-7-5-8-14-28)29-15-9-6-10-16-29/h5-17,24,26,33H,4,18-23,25H2,1-3H3/t26-/m1/s1. The fourth-order valence-corrected chi connectivity index (χ4v) is 6.43. The summed E-state index contributed by atoms with van der Waals surface area (Å²) >= 11 is 1.42. The van der Waals surface area contributed by atoms with E-state index in [1.165, 1.54) is 22.7 Å². The highest BCUT2D eigenvalue weighted by molar-refractivity contribution is 7.09. The van der Waals surface area contributed by atoms with Crippen LogP contribution in [0.2, 0.25) is 0 Å². The Kier molecular flexibility index (Phi) is 10.2. The first-order chi connectivity index (χ1) is 20.6. The van der Waals surface area contributed by atoms with Gasteiger partial charge in [-0.05, 0) is 42.2 Å². The molecule has 0 radical (unpaired) electrons. The van der Waals surface area contributed by atoms with Crippen molar-refractivity contribution < 1.29 is 9.53 Å². The first kappa shape index (κ1) is 29.7. The molecule has 220 valence electrons. The first-order valence-electron chi connectivity index (χ1n) is 14.9. The third kappa shape index (κ3) is 7.36. The summed E-state index contributed by atoms with van der Waals surface area (Å²) in [6.07, 6.45) is 2.09. The largest absolute Gasteiger partial charge is 0.497 e. The summed E-state index contributed by atoms with van der Waals surface area (Å²) in [4.78, 5) is 25.1. The Morgan fingerprint density at radius 2 is 1.62 bits per heavy atom. The van der Waals surface area contributed by atoms with Crippen molar-refractivity contribution in [2.24, 2.45) is 0 Å². The van der Waals surface area contributed by atoms with Gasteiger partial charge in [0.25, 0.3) is 0 Å². The van der Waals surface area contributed by atoms with Crippen LogP contribution in [-0.4, -0.2) is 70.9 Å². The van der Waals surface area contributed by atoms with E-state index >= 15 is 0 Å². The molecule has 1 atom stereocenters. The van der Waals surface area contributed by atoms with E-state index in [4.69, 9.17) is 9.72 Å². The highest BCUT2D eigenvalue weighted by Crippen LogP contribution is 2.30. The maximum absolute atomic E-state index is 13.4. The lowest BCUT2D eigenvalue weighted by atomic mass is 9.96. The molecule has 0 bridgehead atoms. The summed E-state index contributed by atoms with van der Waals surface area (Å²) < 4.78 is 10.0. The quantitative estimate of drug-likeness (QED) is 0.202. The van der Waals surface area contributed by atoms with Gasteiger partial charge in [0.1, 0.15) is 11.6 Å². The summed E-state index contributed by atoms with van der Waals surface area (Å²) in [5.74, 6) is 1.84. The van der Waals surface area contributed by atoms with Gasteiger partial charge in [0.2, 0.25) is 11.0 Å². The fourth-order valence-electron chi connectivity index (χ4n) is 5.61. The molecule has 5 rings (SSSR count). The van der Waals surface area contributed by atoms with Crippen LogP contribution < -0.4 is 9.64 Å². The molecule has 8 heteroatoms. The minimum Gasteiger partial charge on any atom is -0.497 e. The van der Waals surface area contributed by atoms with Crippen molar-refractivity contribution in [1.29, 1.82) is 0 Å². The van der Waals surface area contributed by atoms with Crippen molar-refractivity contribution in [2.75, 3.05) is 44.7 Å². The van der Waals surface area contributed by atoms with Crippen molar-refractivity contribution >= 4 is 22.6 Å². The van der Waals surface area contributed by atoms with Gasteiger partial charge < -0.3 is 14.5 Å². The average molecular weight is 584 g/mol. The van der Waals surface area contributed by atoms with E-state index < -0.39 is 0 Å². The first-order valence-corrected chi connectivity index (χ1v) is 15.7. The van der Waals surface area contributed by atoms with E-state index in [0.29, 0.717) is 19.4 Å². The molecule has 4 aromatic rings. The Morgan fingerprint density at radius 1 is 0.952 bits per heavy atom. The molecular weight excluding hydrogens is 542 g/mol. The summed E-state index contributed by atoms with van der Waals surface area (Å²) in [6, 6.07) is 29.8. The number of methoxy groups -OCH3 is 1. The van der Waals surface area contributed by atoms with Crippen LogP contribution in [0.3, 0.4) is 0 Å². The smallest absolute Gasteiger partial charge is 0.224 e. The predicted octanol–water partition coefficient (Wildman–Crippen LogP) is 6.07. The van der Waals surface area contributed by atoms with Gasteiger partial charge in [0.05, 0.1) is 13.2 Å². The lowest BCUT2D eigenvalue weighted by Crippen LogP contribution is -2.50. The molecule has 1 amide bonds. The second-order valence-electron chi connectivity index (χ2n) is 10.9. The van der Waals surface area contributed by atoms with E-state index in [0.717, 1.165) is 54.9 Å². The van der Waals surface area contributed by atoms with Crippen LogP contribution in [0.15, 0.2) is 84.9 Å². The highest BCUT2D eigenvalue weighted by Gasteiger charge is 2.28. The molecule has 1 aliphatic heterocycles. The molecule has 0 unspecified atom stereocenters. The van der Waals surface area contributed by atoms with Crippen molar-refractivity contribution in [3.05, 3.63) is 107 Å². The van der Waals surface area contributed by atoms with Crippen molar-refractivity contribution in [1.82, 2.24) is 19.2 Å². The van der Waals surface area contributed by atoms with Crippen LogP contribution in [0, 0.1) is 0 Å². The Hall–Kier alpha value is -3.75.